The largest absolute Gasteiger partial charge is 0.496 e. The lowest BCUT2D eigenvalue weighted by Crippen LogP contribution is -1.97. The average Bonchev–Trinajstić information content (AvgIpc) is 3.35. The van der Waals surface area contributed by atoms with E-state index in [0.717, 1.165) is 50.2 Å². The Morgan fingerprint density at radius 2 is 1.65 bits per heavy atom. The molecule has 7 nitrogen and oxygen atoms in total. The molecule has 0 bridgehead atoms. The number of rotatable bonds is 7. The second-order valence-electron chi connectivity index (χ2n) is 7.69. The molecule has 0 aliphatic heterocycles. The van der Waals surface area contributed by atoms with Crippen molar-refractivity contribution >= 4 is 45.5 Å². The molecule has 0 aliphatic carbocycles. The lowest BCUT2D eigenvalue weighted by molar-refractivity contribution is 0.355. The van der Waals surface area contributed by atoms with Crippen LogP contribution in [0, 0.1) is 0 Å². The summed E-state index contributed by atoms with van der Waals surface area (Å²) in [4.78, 5) is 12.2. The first-order chi connectivity index (χ1) is 16.7. The number of nitrogens with one attached hydrogen (secondary N) is 2. The molecule has 0 radical (unpaired) electrons. The summed E-state index contributed by atoms with van der Waals surface area (Å²) in [6, 6.07) is 17.9. The van der Waals surface area contributed by atoms with E-state index in [0.29, 0.717) is 11.5 Å². The van der Waals surface area contributed by atoms with Crippen LogP contribution in [0.4, 0.5) is 11.5 Å². The zero-order valence-corrected chi connectivity index (χ0v) is 19.1. The van der Waals surface area contributed by atoms with Gasteiger partial charge in [0, 0.05) is 39.8 Å². The Bertz CT molecular complexity index is 1510. The van der Waals surface area contributed by atoms with Gasteiger partial charge in [-0.25, -0.2) is 9.97 Å². The highest BCUT2D eigenvalue weighted by atomic mass is 16.5. The second kappa shape index (κ2) is 9.15. The molecule has 0 unspecified atom stereocenters. The third-order valence-electron chi connectivity index (χ3n) is 5.67. The van der Waals surface area contributed by atoms with Gasteiger partial charge in [0.2, 0.25) is 0 Å². The van der Waals surface area contributed by atoms with Gasteiger partial charge in [0.15, 0.2) is 11.5 Å². The normalized spacial score (nSPS) is 11.3. The van der Waals surface area contributed by atoms with Crippen molar-refractivity contribution < 1.29 is 14.2 Å². The molecule has 0 saturated carbocycles. The second-order valence-corrected chi connectivity index (χ2v) is 7.69. The third-order valence-corrected chi connectivity index (χ3v) is 5.67. The first kappa shape index (κ1) is 21.3. The van der Waals surface area contributed by atoms with E-state index in [1.54, 1.807) is 27.7 Å². The van der Waals surface area contributed by atoms with Gasteiger partial charge in [-0.1, -0.05) is 18.2 Å². The summed E-state index contributed by atoms with van der Waals surface area (Å²) in [5, 5.41) is 5.46. The van der Waals surface area contributed by atoms with Gasteiger partial charge in [0.05, 0.1) is 26.8 Å². The maximum atomic E-state index is 5.64. The number of ether oxygens (including phenoxy) is 3. The Balaban J connectivity index is 1.52. The standard InChI is InChI=1S/C27H24N4O3/c1-32-24-9-5-17(12-26(24)34-3)4-6-19-14-21-23(15-25(19)33-2)29-16-30-27(21)31-20-7-8-22-18(13-20)10-11-28-22/h4-16,28H,1-3H3,(H,29,30,31). The van der Waals surface area contributed by atoms with Crippen LogP contribution in [-0.4, -0.2) is 36.3 Å². The molecule has 7 heteroatoms. The topological polar surface area (TPSA) is 81.3 Å². The fourth-order valence-electron chi connectivity index (χ4n) is 3.92. The summed E-state index contributed by atoms with van der Waals surface area (Å²) in [6.45, 7) is 0. The minimum atomic E-state index is 0.675. The van der Waals surface area contributed by atoms with Crippen LogP contribution < -0.4 is 19.5 Å². The molecule has 2 aromatic heterocycles. The van der Waals surface area contributed by atoms with Gasteiger partial charge in [-0.15, -0.1) is 0 Å². The molecular formula is C27H24N4O3. The Morgan fingerprint density at radius 3 is 2.47 bits per heavy atom. The van der Waals surface area contributed by atoms with Gasteiger partial charge in [0.1, 0.15) is 17.9 Å². The van der Waals surface area contributed by atoms with Gasteiger partial charge in [0.25, 0.3) is 0 Å². The predicted molar refractivity (Wildman–Crippen MR) is 136 cm³/mol. The van der Waals surface area contributed by atoms with Crippen LogP contribution in [0.2, 0.25) is 0 Å². The SMILES string of the molecule is COc1cc2ncnc(Nc3ccc4[nH]ccc4c3)c2cc1C=Cc1ccc(OC)c(OC)c1. The van der Waals surface area contributed by atoms with E-state index in [9.17, 15) is 0 Å². The molecule has 5 rings (SSSR count). The summed E-state index contributed by atoms with van der Waals surface area (Å²) in [6.07, 6.45) is 7.49. The zero-order valence-electron chi connectivity index (χ0n) is 19.1. The molecule has 0 amide bonds. The molecule has 0 fully saturated rings. The molecule has 2 heterocycles. The number of aromatic nitrogens is 3. The fraction of sp³-hybridized carbons (Fsp3) is 0.111. The lowest BCUT2D eigenvalue weighted by atomic mass is 10.1. The third kappa shape index (κ3) is 4.11. The van der Waals surface area contributed by atoms with Crippen LogP contribution in [0.15, 0.2) is 67.1 Å². The number of H-pyrrole nitrogens is 1. The number of hydrogen-bond donors (Lipinski definition) is 2. The molecule has 0 spiro atoms. The maximum absolute atomic E-state index is 5.64. The summed E-state index contributed by atoms with van der Waals surface area (Å²) in [5.74, 6) is 2.81. The number of nitrogens with zero attached hydrogens (tertiary/aromatic N) is 2. The average molecular weight is 453 g/mol. The van der Waals surface area contributed by atoms with E-state index < -0.39 is 0 Å². The number of fused-ring (bicyclic) bond motifs is 2. The number of benzene rings is 3. The van der Waals surface area contributed by atoms with E-state index in [1.165, 1.54) is 0 Å². The monoisotopic (exact) mass is 452 g/mol. The Morgan fingerprint density at radius 1 is 0.794 bits per heavy atom. The summed E-state index contributed by atoms with van der Waals surface area (Å²) < 4.78 is 16.4. The zero-order chi connectivity index (χ0) is 23.5. The molecule has 0 atom stereocenters. The number of hydrogen-bond acceptors (Lipinski definition) is 6. The molecule has 34 heavy (non-hydrogen) atoms. The highest BCUT2D eigenvalue weighted by Gasteiger charge is 2.10. The van der Waals surface area contributed by atoms with Crippen molar-refractivity contribution in [1.29, 1.82) is 0 Å². The molecule has 0 saturated heterocycles. The van der Waals surface area contributed by atoms with Crippen LogP contribution in [0.3, 0.4) is 0 Å². The van der Waals surface area contributed by atoms with E-state index in [2.05, 4.69) is 26.3 Å². The predicted octanol–water partition coefficient (Wildman–Crippen LogP) is 6.05. The molecule has 3 aromatic carbocycles. The van der Waals surface area contributed by atoms with Crippen molar-refractivity contribution in [3.8, 4) is 17.2 Å². The van der Waals surface area contributed by atoms with Crippen molar-refractivity contribution in [2.24, 2.45) is 0 Å². The first-order valence-corrected chi connectivity index (χ1v) is 10.8. The van der Waals surface area contributed by atoms with E-state index in [4.69, 9.17) is 14.2 Å². The summed E-state index contributed by atoms with van der Waals surface area (Å²) >= 11 is 0. The lowest BCUT2D eigenvalue weighted by Gasteiger charge is -2.12. The molecular weight excluding hydrogens is 428 g/mol. The highest BCUT2D eigenvalue weighted by molar-refractivity contribution is 5.95. The summed E-state index contributed by atoms with van der Waals surface area (Å²) in [7, 11) is 4.90. The van der Waals surface area contributed by atoms with Crippen molar-refractivity contribution in [2.75, 3.05) is 26.6 Å². The Hall–Kier alpha value is -4.52. The number of aromatic amines is 1. The van der Waals surface area contributed by atoms with Crippen molar-refractivity contribution in [1.82, 2.24) is 15.0 Å². The van der Waals surface area contributed by atoms with Crippen LogP contribution in [0.5, 0.6) is 17.2 Å². The van der Waals surface area contributed by atoms with Crippen LogP contribution >= 0.6 is 0 Å². The van der Waals surface area contributed by atoms with Crippen LogP contribution in [0.1, 0.15) is 11.1 Å². The van der Waals surface area contributed by atoms with Gasteiger partial charge < -0.3 is 24.5 Å². The van der Waals surface area contributed by atoms with E-state index in [-0.39, 0.29) is 0 Å². The van der Waals surface area contributed by atoms with Crippen molar-refractivity contribution in [3.63, 3.8) is 0 Å². The maximum Gasteiger partial charge on any atom is 0.161 e. The number of anilines is 2. The Labute approximate surface area is 197 Å². The van der Waals surface area contributed by atoms with Gasteiger partial charge in [-0.05, 0) is 48.0 Å². The molecule has 5 aromatic rings. The highest BCUT2D eigenvalue weighted by Crippen LogP contribution is 2.32. The molecule has 2 N–H and O–H groups in total. The van der Waals surface area contributed by atoms with Crippen LogP contribution in [-0.2, 0) is 0 Å². The van der Waals surface area contributed by atoms with E-state index >= 15 is 0 Å². The molecule has 170 valence electrons. The van der Waals surface area contributed by atoms with Gasteiger partial charge >= 0.3 is 0 Å². The quantitative estimate of drug-likeness (QED) is 0.293. The molecule has 0 aliphatic rings. The minimum absolute atomic E-state index is 0.675. The fourth-order valence-corrected chi connectivity index (χ4v) is 3.92. The van der Waals surface area contributed by atoms with E-state index in [1.807, 2.05) is 66.9 Å². The first-order valence-electron chi connectivity index (χ1n) is 10.8. The minimum Gasteiger partial charge on any atom is -0.496 e. The number of methoxy groups -OCH3 is 3. The van der Waals surface area contributed by atoms with Gasteiger partial charge in [-0.2, -0.15) is 0 Å². The van der Waals surface area contributed by atoms with Gasteiger partial charge in [-0.3, -0.25) is 0 Å². The summed E-state index contributed by atoms with van der Waals surface area (Å²) in [5.41, 5.74) is 4.71. The van der Waals surface area contributed by atoms with Crippen molar-refractivity contribution in [3.05, 3.63) is 78.2 Å². The Kier molecular flexibility index (Phi) is 5.74. The van der Waals surface area contributed by atoms with Crippen LogP contribution in [0.25, 0.3) is 34.0 Å². The smallest absolute Gasteiger partial charge is 0.161 e. The van der Waals surface area contributed by atoms with Crippen molar-refractivity contribution in [2.45, 2.75) is 0 Å².